The minimum absolute atomic E-state index is 0.214. The zero-order chi connectivity index (χ0) is 14.3. The van der Waals surface area contributed by atoms with Crippen molar-refractivity contribution in [3.05, 3.63) is 35.1 Å². The van der Waals surface area contributed by atoms with Gasteiger partial charge >= 0.3 is 0 Å². The van der Waals surface area contributed by atoms with E-state index in [9.17, 15) is 4.39 Å². The normalized spacial score (nSPS) is 10.9. The number of halogens is 1. The fourth-order valence-electron chi connectivity index (χ4n) is 1.94. The molecule has 1 aromatic rings. The Morgan fingerprint density at radius 1 is 1.32 bits per heavy atom. The number of thiocarbonyl (C=S) groups is 1. The van der Waals surface area contributed by atoms with Crippen LogP contribution in [0.5, 0.6) is 0 Å². The topological polar surface area (TPSA) is 49.5 Å². The third-order valence-electron chi connectivity index (χ3n) is 2.89. The first-order valence-corrected chi connectivity index (χ1v) is 6.82. The van der Waals surface area contributed by atoms with Crippen molar-refractivity contribution >= 4 is 17.2 Å². The third-order valence-corrected chi connectivity index (χ3v) is 3.13. The number of aliphatic hydroxyl groups is 1. The smallest absolute Gasteiger partial charge is 0.124 e. The predicted octanol–water partition coefficient (Wildman–Crippen LogP) is 2.05. The Labute approximate surface area is 119 Å². The van der Waals surface area contributed by atoms with Gasteiger partial charge in [0.2, 0.25) is 0 Å². The van der Waals surface area contributed by atoms with Gasteiger partial charge in [0.1, 0.15) is 10.8 Å². The number of benzene rings is 1. The van der Waals surface area contributed by atoms with Crippen molar-refractivity contribution in [2.24, 2.45) is 5.73 Å². The lowest BCUT2D eigenvalue weighted by Crippen LogP contribution is -2.20. The Bertz CT molecular complexity index is 426. The van der Waals surface area contributed by atoms with Crippen molar-refractivity contribution in [1.82, 2.24) is 4.90 Å². The molecule has 1 aromatic carbocycles. The summed E-state index contributed by atoms with van der Waals surface area (Å²) in [5, 5.41) is 8.70. The number of hydrogen-bond donors (Lipinski definition) is 2. The fourth-order valence-corrected chi connectivity index (χ4v) is 2.06. The minimum Gasteiger partial charge on any atom is -0.396 e. The maximum absolute atomic E-state index is 13.4. The van der Waals surface area contributed by atoms with Crippen LogP contribution in [0.15, 0.2) is 18.2 Å². The maximum Gasteiger partial charge on any atom is 0.124 e. The third kappa shape index (κ3) is 6.09. The molecular formula is C14H21FN2OS. The summed E-state index contributed by atoms with van der Waals surface area (Å²) in [7, 11) is 1.99. The van der Waals surface area contributed by atoms with E-state index < -0.39 is 0 Å². The maximum atomic E-state index is 13.4. The molecule has 0 aliphatic rings. The van der Waals surface area contributed by atoms with E-state index in [4.69, 9.17) is 23.1 Å². The highest BCUT2D eigenvalue weighted by Crippen LogP contribution is 2.12. The minimum atomic E-state index is -0.311. The quantitative estimate of drug-likeness (QED) is 0.567. The second-order valence-corrected chi connectivity index (χ2v) is 5.17. The molecule has 0 bridgehead atoms. The van der Waals surface area contributed by atoms with Gasteiger partial charge in [-0.05, 0) is 56.6 Å². The Morgan fingerprint density at radius 3 is 2.68 bits per heavy atom. The number of nitrogens with two attached hydrogens (primary N) is 1. The summed E-state index contributed by atoms with van der Waals surface area (Å²) in [5.41, 5.74) is 6.96. The van der Waals surface area contributed by atoms with Gasteiger partial charge in [-0.15, -0.1) is 0 Å². The summed E-state index contributed by atoms with van der Waals surface area (Å²) in [4.78, 5) is 2.33. The lowest BCUT2D eigenvalue weighted by atomic mass is 10.1. The van der Waals surface area contributed by atoms with Crippen molar-refractivity contribution in [3.8, 4) is 0 Å². The fraction of sp³-hybridized carbons (Fsp3) is 0.500. The lowest BCUT2D eigenvalue weighted by Gasteiger charge is -2.17. The predicted molar refractivity (Wildman–Crippen MR) is 79.6 cm³/mol. The molecule has 0 saturated heterocycles. The van der Waals surface area contributed by atoms with Crippen LogP contribution < -0.4 is 5.73 Å². The van der Waals surface area contributed by atoms with E-state index in [0.717, 1.165) is 31.4 Å². The summed E-state index contributed by atoms with van der Waals surface area (Å²) < 4.78 is 13.4. The molecule has 19 heavy (non-hydrogen) atoms. The molecule has 0 spiro atoms. The number of aliphatic hydroxyl groups excluding tert-OH is 1. The molecule has 1 rings (SSSR count). The number of unbranched alkanes of at least 4 members (excludes halogenated alkanes) is 2. The molecule has 0 heterocycles. The average Bonchev–Trinajstić information content (AvgIpc) is 2.34. The molecule has 0 aliphatic heterocycles. The van der Waals surface area contributed by atoms with Gasteiger partial charge in [0.05, 0.1) is 0 Å². The van der Waals surface area contributed by atoms with Gasteiger partial charge in [-0.2, -0.15) is 0 Å². The molecular weight excluding hydrogens is 263 g/mol. The van der Waals surface area contributed by atoms with E-state index >= 15 is 0 Å². The van der Waals surface area contributed by atoms with Gasteiger partial charge in [-0.1, -0.05) is 12.2 Å². The molecule has 0 aliphatic carbocycles. The molecule has 0 fully saturated rings. The monoisotopic (exact) mass is 284 g/mol. The van der Waals surface area contributed by atoms with Gasteiger partial charge in [0.25, 0.3) is 0 Å². The summed E-state index contributed by atoms with van der Waals surface area (Å²) in [6.45, 7) is 1.82. The van der Waals surface area contributed by atoms with E-state index in [1.807, 2.05) is 13.1 Å². The number of rotatable bonds is 8. The van der Waals surface area contributed by atoms with Gasteiger partial charge in [0, 0.05) is 18.7 Å². The van der Waals surface area contributed by atoms with Crippen LogP contribution in [0.4, 0.5) is 4.39 Å². The number of nitrogens with zero attached hydrogens (tertiary/aromatic N) is 1. The van der Waals surface area contributed by atoms with Crippen LogP contribution in [0.2, 0.25) is 0 Å². The summed E-state index contributed by atoms with van der Waals surface area (Å²) in [5.74, 6) is -0.311. The van der Waals surface area contributed by atoms with E-state index in [-0.39, 0.29) is 17.4 Å². The van der Waals surface area contributed by atoms with Crippen molar-refractivity contribution in [2.45, 2.75) is 25.8 Å². The summed E-state index contributed by atoms with van der Waals surface area (Å²) in [6, 6.07) is 4.69. The zero-order valence-electron chi connectivity index (χ0n) is 11.2. The highest BCUT2D eigenvalue weighted by atomic mass is 32.1. The van der Waals surface area contributed by atoms with Gasteiger partial charge < -0.3 is 15.7 Å². The Morgan fingerprint density at radius 2 is 2.05 bits per heavy atom. The molecule has 0 atom stereocenters. The standard InChI is InChI=1S/C14H21FN2OS/c1-17(5-3-2-4-6-18)10-11-7-12(14(16)19)9-13(15)8-11/h7-9,18H,2-6,10H2,1H3,(H2,16,19). The molecule has 0 radical (unpaired) electrons. The first-order valence-electron chi connectivity index (χ1n) is 6.41. The van der Waals surface area contributed by atoms with Gasteiger partial charge in [-0.3, -0.25) is 0 Å². The van der Waals surface area contributed by atoms with Crippen LogP contribution >= 0.6 is 12.2 Å². The van der Waals surface area contributed by atoms with Crippen molar-refractivity contribution in [1.29, 1.82) is 0 Å². The first-order chi connectivity index (χ1) is 9.02. The van der Waals surface area contributed by atoms with Gasteiger partial charge in [0.15, 0.2) is 0 Å². The molecule has 106 valence electrons. The van der Waals surface area contributed by atoms with Crippen molar-refractivity contribution in [2.75, 3.05) is 20.2 Å². The van der Waals surface area contributed by atoms with Crippen LogP contribution in [-0.4, -0.2) is 35.2 Å². The van der Waals surface area contributed by atoms with E-state index in [0.29, 0.717) is 12.1 Å². The zero-order valence-corrected chi connectivity index (χ0v) is 12.0. The van der Waals surface area contributed by atoms with Crippen LogP contribution in [0, 0.1) is 5.82 Å². The summed E-state index contributed by atoms with van der Waals surface area (Å²) >= 11 is 4.87. The number of hydrogen-bond acceptors (Lipinski definition) is 3. The molecule has 0 saturated carbocycles. The second kappa shape index (κ2) is 8.19. The average molecular weight is 284 g/mol. The van der Waals surface area contributed by atoms with E-state index in [2.05, 4.69) is 4.90 Å². The van der Waals surface area contributed by atoms with Gasteiger partial charge in [-0.25, -0.2) is 4.39 Å². The van der Waals surface area contributed by atoms with Crippen LogP contribution in [-0.2, 0) is 6.54 Å². The van der Waals surface area contributed by atoms with Crippen LogP contribution in [0.1, 0.15) is 30.4 Å². The van der Waals surface area contributed by atoms with Crippen LogP contribution in [0.25, 0.3) is 0 Å². The molecule has 0 unspecified atom stereocenters. The molecule has 0 amide bonds. The SMILES string of the molecule is CN(CCCCCO)Cc1cc(F)cc(C(N)=S)c1. The van der Waals surface area contributed by atoms with Crippen molar-refractivity contribution < 1.29 is 9.50 Å². The largest absolute Gasteiger partial charge is 0.396 e. The first kappa shape index (κ1) is 16.0. The molecule has 5 heteroatoms. The highest BCUT2D eigenvalue weighted by Gasteiger charge is 2.06. The molecule has 0 aromatic heterocycles. The second-order valence-electron chi connectivity index (χ2n) is 4.73. The van der Waals surface area contributed by atoms with E-state index in [1.165, 1.54) is 12.1 Å². The molecule has 3 nitrogen and oxygen atoms in total. The Balaban J connectivity index is 2.53. The Hall–Kier alpha value is -1.04. The van der Waals surface area contributed by atoms with E-state index in [1.54, 1.807) is 0 Å². The molecule has 3 N–H and O–H groups in total. The van der Waals surface area contributed by atoms with Crippen LogP contribution in [0.3, 0.4) is 0 Å². The highest BCUT2D eigenvalue weighted by molar-refractivity contribution is 7.80. The lowest BCUT2D eigenvalue weighted by molar-refractivity contribution is 0.271. The summed E-state index contributed by atoms with van der Waals surface area (Å²) in [6.07, 6.45) is 2.86. The Kier molecular flexibility index (Phi) is 6.91. The van der Waals surface area contributed by atoms with Crippen molar-refractivity contribution in [3.63, 3.8) is 0 Å².